The molecule has 5 heteroatoms. The fourth-order valence-corrected chi connectivity index (χ4v) is 4.09. The monoisotopic (exact) mass is 366 g/mol. The van der Waals surface area contributed by atoms with Crippen LogP contribution in [0.3, 0.4) is 0 Å². The van der Waals surface area contributed by atoms with Crippen LogP contribution in [0.1, 0.15) is 42.5 Å². The SMILES string of the molecule is C=CCC1(CC=C)CCCCN1C(=O)c1c[nH]c2ccc(OC)cc2c1=O. The summed E-state index contributed by atoms with van der Waals surface area (Å²) in [4.78, 5) is 31.4. The lowest BCUT2D eigenvalue weighted by molar-refractivity contribution is 0.0329. The molecule has 1 fully saturated rings. The molecule has 1 saturated heterocycles. The van der Waals surface area contributed by atoms with Gasteiger partial charge in [-0.25, -0.2) is 0 Å². The van der Waals surface area contributed by atoms with E-state index in [0.717, 1.165) is 19.3 Å². The Balaban J connectivity index is 2.07. The smallest absolute Gasteiger partial charge is 0.259 e. The van der Waals surface area contributed by atoms with Crippen LogP contribution >= 0.6 is 0 Å². The molecule has 3 rings (SSSR count). The summed E-state index contributed by atoms with van der Waals surface area (Å²) < 4.78 is 5.22. The Kier molecular flexibility index (Phi) is 5.49. The number of likely N-dealkylation sites (tertiary alicyclic amines) is 1. The van der Waals surface area contributed by atoms with Crippen LogP contribution in [0.4, 0.5) is 0 Å². The zero-order valence-electron chi connectivity index (χ0n) is 15.8. The molecule has 0 unspecified atom stereocenters. The maximum atomic E-state index is 13.4. The normalized spacial score (nSPS) is 16.1. The summed E-state index contributed by atoms with van der Waals surface area (Å²) in [5.74, 6) is 0.354. The van der Waals surface area contributed by atoms with Crippen molar-refractivity contribution in [3.05, 3.63) is 65.5 Å². The molecule has 0 radical (unpaired) electrons. The number of carbonyl (C=O) groups is 1. The Morgan fingerprint density at radius 1 is 1.30 bits per heavy atom. The molecule has 5 nitrogen and oxygen atoms in total. The van der Waals surface area contributed by atoms with Crippen LogP contribution in [-0.2, 0) is 0 Å². The van der Waals surface area contributed by atoms with Gasteiger partial charge in [-0.3, -0.25) is 9.59 Å². The third-order valence-electron chi connectivity index (χ3n) is 5.46. The number of hydrogen-bond acceptors (Lipinski definition) is 3. The van der Waals surface area contributed by atoms with E-state index in [-0.39, 0.29) is 22.4 Å². The van der Waals surface area contributed by atoms with E-state index in [2.05, 4.69) is 18.1 Å². The minimum absolute atomic E-state index is 0.162. The van der Waals surface area contributed by atoms with Crippen molar-refractivity contribution in [2.45, 2.75) is 37.6 Å². The predicted octanol–water partition coefficient (Wildman–Crippen LogP) is 4.05. The fourth-order valence-electron chi connectivity index (χ4n) is 4.09. The van der Waals surface area contributed by atoms with Crippen molar-refractivity contribution in [2.24, 2.45) is 0 Å². The largest absolute Gasteiger partial charge is 0.497 e. The highest BCUT2D eigenvalue weighted by Crippen LogP contribution is 2.36. The van der Waals surface area contributed by atoms with Gasteiger partial charge >= 0.3 is 0 Å². The van der Waals surface area contributed by atoms with Gasteiger partial charge in [0.1, 0.15) is 11.3 Å². The molecule has 27 heavy (non-hydrogen) atoms. The van der Waals surface area contributed by atoms with Crippen LogP contribution in [0.5, 0.6) is 5.75 Å². The average Bonchev–Trinajstić information content (AvgIpc) is 2.68. The van der Waals surface area contributed by atoms with Crippen LogP contribution < -0.4 is 10.2 Å². The Bertz CT molecular complexity index is 919. The Morgan fingerprint density at radius 2 is 2.04 bits per heavy atom. The number of benzene rings is 1. The number of carbonyl (C=O) groups excluding carboxylic acids is 1. The maximum absolute atomic E-state index is 13.4. The van der Waals surface area contributed by atoms with Gasteiger partial charge in [-0.15, -0.1) is 13.2 Å². The second-order valence-corrected chi connectivity index (χ2v) is 7.07. The van der Waals surface area contributed by atoms with Crippen molar-refractivity contribution in [1.29, 1.82) is 0 Å². The first-order valence-electron chi connectivity index (χ1n) is 9.29. The number of pyridine rings is 1. The predicted molar refractivity (Wildman–Crippen MR) is 108 cm³/mol. The molecule has 2 heterocycles. The number of nitrogens with zero attached hydrogens (tertiary/aromatic N) is 1. The molecular weight excluding hydrogens is 340 g/mol. The van der Waals surface area contributed by atoms with E-state index in [1.165, 1.54) is 6.20 Å². The molecule has 0 saturated carbocycles. The lowest BCUT2D eigenvalue weighted by Crippen LogP contribution is -2.54. The molecule has 1 aliphatic rings. The first-order valence-corrected chi connectivity index (χ1v) is 9.29. The lowest BCUT2D eigenvalue weighted by atomic mass is 9.80. The summed E-state index contributed by atoms with van der Waals surface area (Å²) >= 11 is 0. The average molecular weight is 366 g/mol. The number of nitrogens with one attached hydrogen (secondary N) is 1. The number of methoxy groups -OCH3 is 1. The highest BCUT2D eigenvalue weighted by atomic mass is 16.5. The second kappa shape index (κ2) is 7.82. The second-order valence-electron chi connectivity index (χ2n) is 7.07. The summed E-state index contributed by atoms with van der Waals surface area (Å²) in [5.41, 5.74) is 0.216. The number of rotatable bonds is 6. The molecule has 1 aliphatic heterocycles. The molecule has 0 aliphatic carbocycles. The van der Waals surface area contributed by atoms with E-state index in [9.17, 15) is 9.59 Å². The van der Waals surface area contributed by atoms with Gasteiger partial charge in [0, 0.05) is 23.6 Å². The molecule has 142 valence electrons. The third-order valence-corrected chi connectivity index (χ3v) is 5.46. The summed E-state index contributed by atoms with van der Waals surface area (Å²) in [5, 5.41) is 0.454. The zero-order chi connectivity index (χ0) is 19.4. The Morgan fingerprint density at radius 3 is 2.70 bits per heavy atom. The molecule has 1 N–H and O–H groups in total. The molecule has 2 aromatic rings. The van der Waals surface area contributed by atoms with Gasteiger partial charge in [-0.1, -0.05) is 12.2 Å². The number of fused-ring (bicyclic) bond motifs is 1. The molecule has 0 spiro atoms. The van der Waals surface area contributed by atoms with Crippen molar-refractivity contribution in [1.82, 2.24) is 9.88 Å². The number of hydrogen-bond donors (Lipinski definition) is 1. The van der Waals surface area contributed by atoms with Gasteiger partial charge in [0.15, 0.2) is 0 Å². The Labute approximate surface area is 159 Å². The summed E-state index contributed by atoms with van der Waals surface area (Å²) in [6.07, 6.45) is 9.47. The lowest BCUT2D eigenvalue weighted by Gasteiger charge is -2.46. The number of amides is 1. The highest BCUT2D eigenvalue weighted by Gasteiger charge is 2.40. The van der Waals surface area contributed by atoms with Crippen LogP contribution in [0.25, 0.3) is 10.9 Å². The number of H-pyrrole nitrogens is 1. The van der Waals surface area contributed by atoms with Crippen LogP contribution in [0.2, 0.25) is 0 Å². The van der Waals surface area contributed by atoms with Gasteiger partial charge in [0.2, 0.25) is 5.43 Å². The Hall–Kier alpha value is -2.82. The van der Waals surface area contributed by atoms with Crippen LogP contribution in [0, 0.1) is 0 Å². The number of aromatic nitrogens is 1. The van der Waals surface area contributed by atoms with Gasteiger partial charge < -0.3 is 14.6 Å². The zero-order valence-corrected chi connectivity index (χ0v) is 15.8. The van der Waals surface area contributed by atoms with Crippen molar-refractivity contribution in [2.75, 3.05) is 13.7 Å². The first kappa shape index (κ1) is 19.0. The molecule has 1 amide bonds. The minimum atomic E-state index is -0.353. The van der Waals surface area contributed by atoms with E-state index < -0.39 is 0 Å². The van der Waals surface area contributed by atoms with E-state index in [4.69, 9.17) is 4.74 Å². The standard InChI is InChI=1S/C22H26N2O3/c1-4-10-22(11-5-2)12-6-7-13-24(22)21(26)18-15-23-19-9-8-16(27-3)14-17(19)20(18)25/h4-5,8-9,14-15H,1-2,6-7,10-13H2,3H3,(H,23,25). The van der Waals surface area contributed by atoms with Gasteiger partial charge in [0.25, 0.3) is 5.91 Å². The van der Waals surface area contributed by atoms with E-state index in [1.807, 2.05) is 17.1 Å². The topological polar surface area (TPSA) is 62.4 Å². The van der Waals surface area contributed by atoms with E-state index in [1.54, 1.807) is 25.3 Å². The van der Waals surface area contributed by atoms with Crippen molar-refractivity contribution >= 4 is 16.8 Å². The van der Waals surface area contributed by atoms with Gasteiger partial charge in [-0.05, 0) is 50.3 Å². The quantitative estimate of drug-likeness (QED) is 0.785. The van der Waals surface area contributed by atoms with Crippen molar-refractivity contribution in [3.63, 3.8) is 0 Å². The van der Waals surface area contributed by atoms with Crippen LogP contribution in [0.15, 0.2) is 54.5 Å². The molecule has 0 bridgehead atoms. The maximum Gasteiger partial charge on any atom is 0.259 e. The number of aromatic amines is 1. The molecule has 1 aromatic heterocycles. The van der Waals surface area contributed by atoms with Crippen molar-refractivity contribution in [3.8, 4) is 5.75 Å². The molecule has 1 aromatic carbocycles. The molecule has 0 atom stereocenters. The fraction of sp³-hybridized carbons (Fsp3) is 0.364. The number of piperidine rings is 1. The third kappa shape index (κ3) is 3.42. The minimum Gasteiger partial charge on any atom is -0.497 e. The summed E-state index contributed by atoms with van der Waals surface area (Å²) in [6, 6.07) is 5.23. The first-order chi connectivity index (χ1) is 13.1. The number of ether oxygens (including phenoxy) is 1. The van der Waals surface area contributed by atoms with E-state index in [0.29, 0.717) is 36.0 Å². The van der Waals surface area contributed by atoms with Gasteiger partial charge in [-0.2, -0.15) is 0 Å². The summed E-state index contributed by atoms with van der Waals surface area (Å²) in [6.45, 7) is 8.38. The highest BCUT2D eigenvalue weighted by molar-refractivity contribution is 5.97. The van der Waals surface area contributed by atoms with Crippen LogP contribution in [-0.4, -0.2) is 35.0 Å². The van der Waals surface area contributed by atoms with Crippen molar-refractivity contribution < 1.29 is 9.53 Å². The van der Waals surface area contributed by atoms with Gasteiger partial charge in [0.05, 0.1) is 12.6 Å². The van der Waals surface area contributed by atoms with E-state index >= 15 is 0 Å². The molecular formula is C22H26N2O3. The summed E-state index contributed by atoms with van der Waals surface area (Å²) in [7, 11) is 1.55.